The molecule has 1 atom stereocenters. The third kappa shape index (κ3) is 3.98. The highest BCUT2D eigenvalue weighted by Gasteiger charge is 2.34. The van der Waals surface area contributed by atoms with Crippen molar-refractivity contribution >= 4 is 23.5 Å². The average Bonchev–Trinajstić information content (AvgIpc) is 3.23. The zero-order valence-corrected chi connectivity index (χ0v) is 18.0. The van der Waals surface area contributed by atoms with E-state index in [2.05, 4.69) is 15.0 Å². The number of aromatic nitrogens is 4. The van der Waals surface area contributed by atoms with Crippen LogP contribution in [-0.2, 0) is 0 Å². The second-order valence-electron chi connectivity index (χ2n) is 7.57. The van der Waals surface area contributed by atoms with E-state index in [0.29, 0.717) is 23.2 Å². The molecule has 2 aromatic heterocycles. The van der Waals surface area contributed by atoms with Gasteiger partial charge >= 0.3 is 0 Å². The molecule has 1 amide bonds. The molecule has 30 heavy (non-hydrogen) atoms. The van der Waals surface area contributed by atoms with Crippen LogP contribution in [0.5, 0.6) is 0 Å². The minimum absolute atomic E-state index is 0.132. The summed E-state index contributed by atoms with van der Waals surface area (Å²) in [7, 11) is 3.80. The number of carbonyl (C=O) groups is 1. The van der Waals surface area contributed by atoms with Gasteiger partial charge in [0, 0.05) is 43.6 Å². The van der Waals surface area contributed by atoms with Gasteiger partial charge in [-0.25, -0.2) is 15.0 Å². The van der Waals surface area contributed by atoms with Crippen molar-refractivity contribution in [2.45, 2.75) is 25.8 Å². The number of benzene rings is 1. The lowest BCUT2D eigenvalue weighted by atomic mass is 9.99. The topological polar surface area (TPSA) is 75.1 Å². The molecule has 0 saturated carbocycles. The first-order valence-electron chi connectivity index (χ1n) is 9.84. The van der Waals surface area contributed by atoms with Gasteiger partial charge in [-0.1, -0.05) is 23.7 Å². The molecule has 7 nitrogen and oxygen atoms in total. The summed E-state index contributed by atoms with van der Waals surface area (Å²) in [6.07, 6.45) is 6.69. The number of rotatable bonds is 4. The molecule has 4 rings (SSSR count). The molecule has 1 fully saturated rings. The fourth-order valence-corrected chi connectivity index (χ4v) is 3.87. The molecule has 0 N–H and O–H groups in total. The molecule has 3 heterocycles. The Morgan fingerprint density at radius 2 is 2.00 bits per heavy atom. The SMILES string of the molecule is Cc1cnc(C(=O)N2CCC[C@@H]2c2nc(N(C)C)ncc2-c2cccc(Cl)c2)cn1. The molecule has 1 aliphatic rings. The molecular weight excluding hydrogens is 400 g/mol. The van der Waals surface area contributed by atoms with Crippen LogP contribution < -0.4 is 4.90 Å². The molecule has 1 saturated heterocycles. The second-order valence-corrected chi connectivity index (χ2v) is 8.01. The number of aryl methyl sites for hydroxylation is 1. The third-order valence-electron chi connectivity index (χ3n) is 5.17. The molecule has 0 spiro atoms. The summed E-state index contributed by atoms with van der Waals surface area (Å²) in [5.41, 5.74) is 3.75. The first-order valence-corrected chi connectivity index (χ1v) is 10.2. The number of hydrogen-bond donors (Lipinski definition) is 0. The Labute approximate surface area is 180 Å². The Morgan fingerprint density at radius 3 is 2.70 bits per heavy atom. The predicted octanol–water partition coefficient (Wildman–Crippen LogP) is 3.94. The van der Waals surface area contributed by atoms with Gasteiger partial charge in [0.05, 0.1) is 23.6 Å². The summed E-state index contributed by atoms with van der Waals surface area (Å²) >= 11 is 6.23. The van der Waals surface area contributed by atoms with Crippen molar-refractivity contribution in [2.24, 2.45) is 0 Å². The fraction of sp³-hybridized carbons (Fsp3) is 0.318. The van der Waals surface area contributed by atoms with Crippen molar-refractivity contribution in [2.75, 3.05) is 25.5 Å². The first kappa shape index (κ1) is 20.2. The minimum Gasteiger partial charge on any atom is -0.347 e. The van der Waals surface area contributed by atoms with Crippen molar-refractivity contribution < 1.29 is 4.79 Å². The molecule has 1 aliphatic heterocycles. The maximum absolute atomic E-state index is 13.2. The zero-order valence-electron chi connectivity index (χ0n) is 17.2. The highest BCUT2D eigenvalue weighted by molar-refractivity contribution is 6.30. The highest BCUT2D eigenvalue weighted by atomic mass is 35.5. The number of amides is 1. The van der Waals surface area contributed by atoms with Crippen molar-refractivity contribution in [1.82, 2.24) is 24.8 Å². The van der Waals surface area contributed by atoms with Gasteiger partial charge in [0.15, 0.2) is 0 Å². The van der Waals surface area contributed by atoms with Crippen LogP contribution in [0.15, 0.2) is 42.9 Å². The van der Waals surface area contributed by atoms with Crippen molar-refractivity contribution in [3.63, 3.8) is 0 Å². The van der Waals surface area contributed by atoms with Crippen LogP contribution in [-0.4, -0.2) is 51.4 Å². The van der Waals surface area contributed by atoms with Gasteiger partial charge in [0.25, 0.3) is 5.91 Å². The number of anilines is 1. The highest BCUT2D eigenvalue weighted by Crippen LogP contribution is 2.38. The summed E-state index contributed by atoms with van der Waals surface area (Å²) in [5.74, 6) is 0.470. The van der Waals surface area contributed by atoms with E-state index in [1.165, 1.54) is 6.20 Å². The van der Waals surface area contributed by atoms with Gasteiger partial charge in [0.1, 0.15) is 5.69 Å². The Hall–Kier alpha value is -3.06. The lowest BCUT2D eigenvalue weighted by Crippen LogP contribution is -2.32. The van der Waals surface area contributed by atoms with Gasteiger partial charge < -0.3 is 9.80 Å². The van der Waals surface area contributed by atoms with Crippen LogP contribution >= 0.6 is 11.6 Å². The van der Waals surface area contributed by atoms with Crippen molar-refractivity contribution in [1.29, 1.82) is 0 Å². The maximum Gasteiger partial charge on any atom is 0.274 e. The molecule has 3 aromatic rings. The Balaban J connectivity index is 1.78. The summed E-state index contributed by atoms with van der Waals surface area (Å²) in [5, 5.41) is 0.643. The van der Waals surface area contributed by atoms with Crippen LogP contribution in [0, 0.1) is 6.92 Å². The van der Waals surface area contributed by atoms with Crippen molar-refractivity contribution in [3.8, 4) is 11.1 Å². The smallest absolute Gasteiger partial charge is 0.274 e. The van der Waals surface area contributed by atoms with Gasteiger partial charge in [-0.05, 0) is 37.5 Å². The van der Waals surface area contributed by atoms with Crippen molar-refractivity contribution in [3.05, 3.63) is 65.0 Å². The van der Waals surface area contributed by atoms with Crippen LogP contribution in [0.2, 0.25) is 5.02 Å². The Bertz CT molecular complexity index is 1070. The average molecular weight is 423 g/mol. The molecule has 1 aromatic carbocycles. The minimum atomic E-state index is -0.170. The van der Waals surface area contributed by atoms with E-state index in [1.54, 1.807) is 6.20 Å². The Kier molecular flexibility index (Phi) is 5.63. The summed E-state index contributed by atoms with van der Waals surface area (Å²) < 4.78 is 0. The van der Waals surface area contributed by atoms with Crippen LogP contribution in [0.4, 0.5) is 5.95 Å². The molecule has 8 heteroatoms. The molecule has 0 aliphatic carbocycles. The standard InChI is InChI=1S/C22H23ClN6O/c1-14-11-25-18(13-24-14)21(30)29-9-5-8-19(29)20-17(12-26-22(27-20)28(2)3)15-6-4-7-16(23)10-15/h4,6-7,10-13,19H,5,8-9H2,1-3H3/t19-/m1/s1. The van der Waals surface area contributed by atoms with E-state index in [-0.39, 0.29) is 11.9 Å². The Morgan fingerprint density at radius 1 is 1.17 bits per heavy atom. The van der Waals surface area contributed by atoms with Gasteiger partial charge in [-0.3, -0.25) is 9.78 Å². The summed E-state index contributed by atoms with van der Waals surface area (Å²) in [6, 6.07) is 7.44. The summed E-state index contributed by atoms with van der Waals surface area (Å²) in [6.45, 7) is 2.50. The van der Waals surface area contributed by atoms with E-state index < -0.39 is 0 Å². The molecular formula is C22H23ClN6O. The molecule has 0 radical (unpaired) electrons. The van der Waals surface area contributed by atoms with E-state index in [1.807, 2.05) is 61.3 Å². The molecule has 154 valence electrons. The van der Waals surface area contributed by atoms with Gasteiger partial charge in [0.2, 0.25) is 5.95 Å². The monoisotopic (exact) mass is 422 g/mol. The van der Waals surface area contributed by atoms with E-state index >= 15 is 0 Å². The molecule has 0 unspecified atom stereocenters. The maximum atomic E-state index is 13.2. The number of hydrogen-bond acceptors (Lipinski definition) is 6. The normalized spacial score (nSPS) is 16.0. The van der Waals surface area contributed by atoms with Gasteiger partial charge in [-0.15, -0.1) is 0 Å². The quantitative estimate of drug-likeness (QED) is 0.634. The number of carbonyl (C=O) groups excluding carboxylic acids is 1. The van der Waals surface area contributed by atoms with Crippen LogP contribution in [0.3, 0.4) is 0 Å². The number of likely N-dealkylation sites (tertiary alicyclic amines) is 1. The lowest BCUT2D eigenvalue weighted by Gasteiger charge is -2.26. The van der Waals surface area contributed by atoms with Gasteiger partial charge in [-0.2, -0.15) is 0 Å². The summed E-state index contributed by atoms with van der Waals surface area (Å²) in [4.78, 5) is 34.8. The predicted molar refractivity (Wildman–Crippen MR) is 117 cm³/mol. The zero-order chi connectivity index (χ0) is 21.3. The number of nitrogens with zero attached hydrogens (tertiary/aromatic N) is 6. The lowest BCUT2D eigenvalue weighted by molar-refractivity contribution is 0.0726. The molecule has 0 bridgehead atoms. The largest absolute Gasteiger partial charge is 0.347 e. The first-order chi connectivity index (χ1) is 14.4. The number of halogens is 1. The van der Waals surface area contributed by atoms with Crippen LogP contribution in [0.25, 0.3) is 11.1 Å². The second kappa shape index (κ2) is 8.36. The third-order valence-corrected chi connectivity index (χ3v) is 5.41. The van der Waals surface area contributed by atoms with Crippen LogP contribution in [0.1, 0.15) is 40.8 Å². The van der Waals surface area contributed by atoms with E-state index in [4.69, 9.17) is 16.6 Å². The van der Waals surface area contributed by atoms with E-state index in [0.717, 1.165) is 35.4 Å². The fourth-order valence-electron chi connectivity index (χ4n) is 3.68. The van der Waals surface area contributed by atoms with E-state index in [9.17, 15) is 4.79 Å².